The molecule has 6 rings (SSSR count). The van der Waals surface area contributed by atoms with E-state index < -0.39 is 27.6 Å². The second-order valence-electron chi connectivity index (χ2n) is 11.8. The first-order valence-electron chi connectivity index (χ1n) is 12.7. The summed E-state index contributed by atoms with van der Waals surface area (Å²) in [6.07, 6.45) is 4.18. The molecule has 6 fully saturated rings. The second kappa shape index (κ2) is 8.39. The van der Waals surface area contributed by atoms with Gasteiger partial charge in [-0.05, 0) is 49.8 Å². The van der Waals surface area contributed by atoms with Crippen LogP contribution in [0.4, 0.5) is 0 Å². The van der Waals surface area contributed by atoms with Gasteiger partial charge in [-0.25, -0.2) is 0 Å². The Bertz CT molecular complexity index is 930. The van der Waals surface area contributed by atoms with Gasteiger partial charge in [-0.2, -0.15) is 17.0 Å². The van der Waals surface area contributed by atoms with Gasteiger partial charge in [0.15, 0.2) is 0 Å². The summed E-state index contributed by atoms with van der Waals surface area (Å²) < 4.78 is 41.7. The van der Waals surface area contributed by atoms with E-state index in [2.05, 4.69) is 26.1 Å². The molecule has 0 aromatic rings. The summed E-state index contributed by atoms with van der Waals surface area (Å²) in [5.41, 5.74) is 4.76. The fourth-order valence-electron chi connectivity index (χ4n) is 7.31. The summed E-state index contributed by atoms with van der Waals surface area (Å²) in [4.78, 5) is 12.1. The van der Waals surface area contributed by atoms with E-state index in [4.69, 9.17) is 15.0 Å². The standard InChI is InChI=1S/C22H39BN4O6S/c1-20(2)16-11-17(20)21(3)18(12-16)32-23(33-21)6-4-5-15-13-27(14-22(15,24)19(28)29)34(30,31)26-9-7-25-8-10-26/h15-18,25H,4-14,24H2,1-3H3,(H,28,29)/t15-,16+,17+,18-,21+,22-/m0/s1. The zero-order valence-corrected chi connectivity index (χ0v) is 21.3. The maximum atomic E-state index is 13.1. The first-order chi connectivity index (χ1) is 15.9. The minimum Gasteiger partial charge on any atom is -0.480 e. The average Bonchev–Trinajstić information content (AvgIpc) is 3.31. The Hall–Kier alpha value is -0.755. The van der Waals surface area contributed by atoms with Crippen molar-refractivity contribution in [2.75, 3.05) is 39.3 Å². The van der Waals surface area contributed by atoms with Crippen molar-refractivity contribution in [3.63, 3.8) is 0 Å². The normalized spacial score (nSPS) is 42.4. The Labute approximate surface area is 203 Å². The summed E-state index contributed by atoms with van der Waals surface area (Å²) in [6, 6.07) is 0. The molecule has 0 radical (unpaired) electrons. The van der Waals surface area contributed by atoms with Gasteiger partial charge in [-0.1, -0.05) is 20.3 Å². The molecule has 6 aliphatic rings. The Morgan fingerprint density at radius 2 is 1.91 bits per heavy atom. The molecular formula is C22H39BN4O6S. The molecule has 192 valence electrons. The molecule has 10 nitrogen and oxygen atoms in total. The SMILES string of the molecule is CC1(C)[C@H]2C[C@@H]3OB(CCC[C@H]4CN(S(=O)(=O)N5CCNCC5)C[C@@]4(N)C(=O)O)O[C@]3(C)[C@@H]1C2. The van der Waals surface area contributed by atoms with Crippen molar-refractivity contribution in [3.8, 4) is 0 Å². The fraction of sp³-hybridized carbons (Fsp3) is 0.955. The molecule has 34 heavy (non-hydrogen) atoms. The number of rotatable bonds is 7. The van der Waals surface area contributed by atoms with Crippen molar-refractivity contribution < 1.29 is 27.6 Å². The molecule has 6 atom stereocenters. The summed E-state index contributed by atoms with van der Waals surface area (Å²) in [7, 11) is -4.04. The van der Waals surface area contributed by atoms with E-state index in [9.17, 15) is 18.3 Å². The smallest absolute Gasteiger partial charge is 0.457 e. The molecule has 0 aromatic carbocycles. The van der Waals surface area contributed by atoms with E-state index in [1.807, 2.05) is 0 Å². The molecule has 3 aliphatic carbocycles. The third-order valence-corrected chi connectivity index (χ3v) is 11.7. The van der Waals surface area contributed by atoms with Crippen LogP contribution in [0.25, 0.3) is 0 Å². The van der Waals surface area contributed by atoms with Crippen molar-refractivity contribution in [2.24, 2.45) is 28.9 Å². The molecule has 4 N–H and O–H groups in total. The average molecular weight is 498 g/mol. The van der Waals surface area contributed by atoms with Crippen molar-refractivity contribution in [3.05, 3.63) is 0 Å². The first-order valence-corrected chi connectivity index (χ1v) is 14.1. The van der Waals surface area contributed by atoms with Crippen LogP contribution in [0.2, 0.25) is 6.32 Å². The van der Waals surface area contributed by atoms with E-state index in [0.29, 0.717) is 57.2 Å². The Balaban J connectivity index is 1.20. The highest BCUT2D eigenvalue weighted by Crippen LogP contribution is 2.65. The van der Waals surface area contributed by atoms with Crippen LogP contribution in [-0.4, -0.2) is 91.7 Å². The van der Waals surface area contributed by atoms with Gasteiger partial charge in [-0.15, -0.1) is 0 Å². The van der Waals surface area contributed by atoms with E-state index in [-0.39, 0.29) is 37.3 Å². The lowest BCUT2D eigenvalue weighted by molar-refractivity contribution is -0.199. The highest BCUT2D eigenvalue weighted by atomic mass is 32.2. The number of carboxylic acids is 1. The summed E-state index contributed by atoms with van der Waals surface area (Å²) in [6.45, 7) is 8.70. The number of nitrogens with one attached hydrogen (secondary N) is 1. The molecular weight excluding hydrogens is 459 g/mol. The largest absolute Gasteiger partial charge is 0.480 e. The summed E-state index contributed by atoms with van der Waals surface area (Å²) in [5, 5.41) is 13.0. The maximum absolute atomic E-state index is 13.1. The van der Waals surface area contributed by atoms with Crippen molar-refractivity contribution in [1.82, 2.24) is 13.9 Å². The molecule has 0 aromatic heterocycles. The Morgan fingerprint density at radius 3 is 2.56 bits per heavy atom. The topological polar surface area (TPSA) is 134 Å². The predicted molar refractivity (Wildman–Crippen MR) is 127 cm³/mol. The van der Waals surface area contributed by atoms with Gasteiger partial charge in [0.25, 0.3) is 10.2 Å². The van der Waals surface area contributed by atoms with Gasteiger partial charge in [-0.3, -0.25) is 4.79 Å². The first kappa shape index (κ1) is 24.9. The quantitative estimate of drug-likeness (QED) is 0.429. The van der Waals surface area contributed by atoms with Crippen molar-refractivity contribution in [1.29, 1.82) is 0 Å². The minimum absolute atomic E-state index is 0.119. The number of nitrogens with zero attached hydrogens (tertiary/aromatic N) is 2. The van der Waals surface area contributed by atoms with Gasteiger partial charge in [0.1, 0.15) is 5.54 Å². The third kappa shape index (κ3) is 3.75. The summed E-state index contributed by atoms with van der Waals surface area (Å²) >= 11 is 0. The molecule has 3 saturated heterocycles. The van der Waals surface area contributed by atoms with Crippen LogP contribution in [0.1, 0.15) is 46.5 Å². The Kier molecular flexibility index (Phi) is 6.15. The number of nitrogens with two attached hydrogens (primary N) is 1. The van der Waals surface area contributed by atoms with E-state index in [0.717, 1.165) is 6.42 Å². The van der Waals surface area contributed by atoms with Crippen LogP contribution < -0.4 is 11.1 Å². The highest BCUT2D eigenvalue weighted by molar-refractivity contribution is 7.86. The predicted octanol–water partition coefficient (Wildman–Crippen LogP) is 0.359. The van der Waals surface area contributed by atoms with Crippen molar-refractivity contribution >= 4 is 23.3 Å². The zero-order chi connectivity index (χ0) is 24.5. The van der Waals surface area contributed by atoms with Crippen LogP contribution >= 0.6 is 0 Å². The monoisotopic (exact) mass is 498 g/mol. The molecule has 0 spiro atoms. The molecule has 0 unspecified atom stereocenters. The number of aliphatic carboxylic acids is 1. The van der Waals surface area contributed by atoms with Crippen LogP contribution in [-0.2, 0) is 24.3 Å². The maximum Gasteiger partial charge on any atom is 0.457 e. The second-order valence-corrected chi connectivity index (χ2v) is 13.7. The molecule has 3 heterocycles. The third-order valence-electron chi connectivity index (χ3n) is 9.71. The van der Waals surface area contributed by atoms with Crippen LogP contribution in [0.3, 0.4) is 0 Å². The van der Waals surface area contributed by atoms with Crippen LogP contribution in [0.5, 0.6) is 0 Å². The number of hydrogen-bond donors (Lipinski definition) is 3. The lowest BCUT2D eigenvalue weighted by Gasteiger charge is -2.64. The van der Waals surface area contributed by atoms with Gasteiger partial charge < -0.3 is 25.5 Å². The van der Waals surface area contributed by atoms with Crippen molar-refractivity contribution in [2.45, 2.75) is 70.0 Å². The van der Waals surface area contributed by atoms with Gasteiger partial charge >= 0.3 is 13.1 Å². The number of carboxylic acid groups (broad SMARTS) is 1. The van der Waals surface area contributed by atoms with Gasteiger partial charge in [0.05, 0.1) is 11.7 Å². The van der Waals surface area contributed by atoms with E-state index in [1.165, 1.54) is 15.0 Å². The minimum atomic E-state index is -3.74. The molecule has 3 aliphatic heterocycles. The van der Waals surface area contributed by atoms with Gasteiger partial charge in [0, 0.05) is 45.2 Å². The fourth-order valence-corrected chi connectivity index (χ4v) is 9.02. The number of carbonyl (C=O) groups is 1. The van der Waals surface area contributed by atoms with E-state index >= 15 is 0 Å². The van der Waals surface area contributed by atoms with Gasteiger partial charge in [0.2, 0.25) is 0 Å². The molecule has 2 bridgehead atoms. The Morgan fingerprint density at radius 1 is 1.21 bits per heavy atom. The lowest BCUT2D eigenvalue weighted by Crippen LogP contribution is -2.65. The number of hydrogen-bond acceptors (Lipinski definition) is 7. The van der Waals surface area contributed by atoms with E-state index in [1.54, 1.807) is 0 Å². The molecule has 0 amide bonds. The molecule has 3 saturated carbocycles. The molecule has 12 heteroatoms. The lowest BCUT2D eigenvalue weighted by atomic mass is 9.43. The van der Waals surface area contributed by atoms with Crippen LogP contribution in [0, 0.1) is 23.2 Å². The number of piperazine rings is 1. The summed E-state index contributed by atoms with van der Waals surface area (Å²) in [5.74, 6) is -0.428. The highest BCUT2D eigenvalue weighted by Gasteiger charge is 2.67. The zero-order valence-electron chi connectivity index (χ0n) is 20.5. The van der Waals surface area contributed by atoms with Crippen LogP contribution in [0.15, 0.2) is 0 Å².